The highest BCUT2D eigenvalue weighted by Crippen LogP contribution is 2.34. The predicted molar refractivity (Wildman–Crippen MR) is 114 cm³/mol. The molecule has 1 fully saturated rings. The number of aliphatic hydroxyl groups excluding tert-OH is 1. The number of aromatic nitrogens is 2. The van der Waals surface area contributed by atoms with E-state index in [4.69, 9.17) is 4.98 Å². The van der Waals surface area contributed by atoms with E-state index in [-0.39, 0.29) is 12.3 Å². The van der Waals surface area contributed by atoms with Gasteiger partial charge in [0.05, 0.1) is 10.2 Å². The molecule has 31 heavy (non-hydrogen) atoms. The summed E-state index contributed by atoms with van der Waals surface area (Å²) in [4.78, 5) is 22.8. The summed E-state index contributed by atoms with van der Waals surface area (Å²) in [6, 6.07) is 6.88. The van der Waals surface area contributed by atoms with E-state index >= 15 is 0 Å². The van der Waals surface area contributed by atoms with Gasteiger partial charge in [0, 0.05) is 25.4 Å². The zero-order valence-corrected chi connectivity index (χ0v) is 17.6. The van der Waals surface area contributed by atoms with Gasteiger partial charge in [0.1, 0.15) is 11.4 Å². The van der Waals surface area contributed by atoms with Gasteiger partial charge in [-0.2, -0.15) is 13.2 Å². The number of nitrogens with one attached hydrogen (secondary N) is 1. The maximum Gasteiger partial charge on any atom is 0.433 e. The summed E-state index contributed by atoms with van der Waals surface area (Å²) in [6.07, 6.45) is -2.79. The molecule has 0 aliphatic carbocycles. The molecule has 1 aliphatic heterocycles. The predicted octanol–water partition coefficient (Wildman–Crippen LogP) is 4.48. The molecule has 1 amide bonds. The van der Waals surface area contributed by atoms with Crippen LogP contribution in [-0.4, -0.2) is 40.7 Å². The monoisotopic (exact) mass is 450 g/mol. The van der Waals surface area contributed by atoms with Crippen LogP contribution in [0.2, 0.25) is 0 Å². The van der Waals surface area contributed by atoms with Crippen LogP contribution in [0.1, 0.15) is 34.6 Å². The molecule has 10 heteroatoms. The second-order valence-corrected chi connectivity index (χ2v) is 8.61. The Hall–Kier alpha value is -2.72. The number of thiazole rings is 1. The van der Waals surface area contributed by atoms with Crippen molar-refractivity contribution in [3.63, 3.8) is 0 Å². The number of piperidine rings is 1. The smallest absolute Gasteiger partial charge is 0.396 e. The van der Waals surface area contributed by atoms with E-state index in [0.29, 0.717) is 11.6 Å². The number of pyridine rings is 1. The molecule has 0 spiro atoms. The minimum Gasteiger partial charge on any atom is -0.396 e. The first-order chi connectivity index (χ1) is 14.7. The van der Waals surface area contributed by atoms with Crippen LogP contribution in [-0.2, 0) is 6.18 Å². The van der Waals surface area contributed by atoms with Gasteiger partial charge in [-0.1, -0.05) is 17.4 Å². The number of alkyl halides is 3. The number of rotatable bonds is 4. The number of nitrogens with zero attached hydrogens (tertiary/aromatic N) is 3. The maximum atomic E-state index is 12.9. The number of carbonyl (C=O) groups excluding carboxylic acids is 1. The first-order valence-corrected chi connectivity index (χ1v) is 10.7. The van der Waals surface area contributed by atoms with Gasteiger partial charge in [-0.05, 0) is 55.5 Å². The number of hydrogen-bond donors (Lipinski definition) is 2. The molecule has 0 atom stereocenters. The van der Waals surface area contributed by atoms with Crippen molar-refractivity contribution >= 4 is 38.3 Å². The fourth-order valence-electron chi connectivity index (χ4n) is 3.55. The molecule has 3 aromatic rings. The molecular weight excluding hydrogens is 429 g/mol. The van der Waals surface area contributed by atoms with Gasteiger partial charge in [0.2, 0.25) is 0 Å². The Morgan fingerprint density at radius 2 is 2.00 bits per heavy atom. The van der Waals surface area contributed by atoms with Crippen molar-refractivity contribution in [3.8, 4) is 0 Å². The second kappa shape index (κ2) is 8.43. The van der Waals surface area contributed by atoms with Crippen molar-refractivity contribution < 1.29 is 23.1 Å². The van der Waals surface area contributed by atoms with Crippen molar-refractivity contribution in [2.75, 3.05) is 29.9 Å². The average molecular weight is 450 g/mol. The SMILES string of the molecule is Cc1cc2nc(N3CCC(CO)CC3)sc2cc1NC(=O)c1cccc(C(F)(F)F)n1. The van der Waals surface area contributed by atoms with Crippen LogP contribution in [0.5, 0.6) is 0 Å². The molecule has 2 aromatic heterocycles. The summed E-state index contributed by atoms with van der Waals surface area (Å²) in [5.74, 6) is -0.372. The summed E-state index contributed by atoms with van der Waals surface area (Å²) in [6.45, 7) is 3.67. The highest BCUT2D eigenvalue weighted by Gasteiger charge is 2.33. The highest BCUT2D eigenvalue weighted by atomic mass is 32.1. The molecule has 3 heterocycles. The molecule has 6 nitrogen and oxygen atoms in total. The van der Waals surface area contributed by atoms with Gasteiger partial charge in [-0.3, -0.25) is 4.79 Å². The number of carbonyl (C=O) groups is 1. The van der Waals surface area contributed by atoms with E-state index in [1.807, 2.05) is 6.07 Å². The topological polar surface area (TPSA) is 78.4 Å². The van der Waals surface area contributed by atoms with E-state index in [0.717, 1.165) is 59.0 Å². The molecule has 1 aromatic carbocycles. The molecule has 164 valence electrons. The summed E-state index contributed by atoms with van der Waals surface area (Å²) in [7, 11) is 0. The van der Waals surface area contributed by atoms with Gasteiger partial charge in [0.25, 0.3) is 5.91 Å². The molecule has 0 unspecified atom stereocenters. The van der Waals surface area contributed by atoms with Crippen LogP contribution in [0.4, 0.5) is 24.0 Å². The number of amides is 1. The lowest BCUT2D eigenvalue weighted by molar-refractivity contribution is -0.141. The third kappa shape index (κ3) is 4.64. The molecule has 1 saturated heterocycles. The van der Waals surface area contributed by atoms with Crippen LogP contribution in [0, 0.1) is 12.8 Å². The molecule has 0 radical (unpaired) electrons. The molecule has 2 N–H and O–H groups in total. The van der Waals surface area contributed by atoms with Crippen molar-refractivity contribution in [2.24, 2.45) is 5.92 Å². The lowest BCUT2D eigenvalue weighted by Gasteiger charge is -2.30. The summed E-state index contributed by atoms with van der Waals surface area (Å²) < 4.78 is 39.5. The van der Waals surface area contributed by atoms with Gasteiger partial charge < -0.3 is 15.3 Å². The average Bonchev–Trinajstić information content (AvgIpc) is 3.16. The molecule has 4 rings (SSSR count). The number of fused-ring (bicyclic) bond motifs is 1. The highest BCUT2D eigenvalue weighted by molar-refractivity contribution is 7.22. The van der Waals surface area contributed by atoms with Crippen LogP contribution < -0.4 is 10.2 Å². The van der Waals surface area contributed by atoms with E-state index < -0.39 is 17.8 Å². The molecule has 0 bridgehead atoms. The minimum atomic E-state index is -4.62. The molecule has 0 saturated carbocycles. The number of benzene rings is 1. The van der Waals surface area contributed by atoms with Gasteiger partial charge in [0.15, 0.2) is 5.13 Å². The summed E-state index contributed by atoms with van der Waals surface area (Å²) in [5, 5.41) is 12.9. The number of aliphatic hydroxyl groups is 1. The van der Waals surface area contributed by atoms with Crippen molar-refractivity contribution in [1.29, 1.82) is 0 Å². The Kier molecular flexibility index (Phi) is 5.85. The third-order valence-electron chi connectivity index (χ3n) is 5.39. The van der Waals surface area contributed by atoms with Gasteiger partial charge in [-0.25, -0.2) is 9.97 Å². The van der Waals surface area contributed by atoms with Gasteiger partial charge in [-0.15, -0.1) is 0 Å². The Labute approximate surface area is 180 Å². The zero-order valence-electron chi connectivity index (χ0n) is 16.7. The fraction of sp³-hybridized carbons (Fsp3) is 0.381. The number of halogens is 3. The summed E-state index contributed by atoms with van der Waals surface area (Å²) in [5.41, 5.74) is 0.655. The minimum absolute atomic E-state index is 0.205. The van der Waals surface area contributed by atoms with Crippen molar-refractivity contribution in [1.82, 2.24) is 9.97 Å². The van der Waals surface area contributed by atoms with Crippen LogP contribution in [0.3, 0.4) is 0 Å². The molecule has 1 aliphatic rings. The number of hydrogen-bond acceptors (Lipinski definition) is 6. The zero-order chi connectivity index (χ0) is 22.2. The van der Waals surface area contributed by atoms with E-state index in [9.17, 15) is 23.1 Å². The first kappa shape index (κ1) is 21.5. The normalized spacial score (nSPS) is 15.5. The largest absolute Gasteiger partial charge is 0.433 e. The Morgan fingerprint density at radius 3 is 2.68 bits per heavy atom. The fourth-order valence-corrected chi connectivity index (χ4v) is 4.59. The lowest BCUT2D eigenvalue weighted by Crippen LogP contribution is -2.34. The van der Waals surface area contributed by atoms with Crippen molar-refractivity contribution in [2.45, 2.75) is 25.9 Å². The standard InChI is InChI=1S/C21H21F3N4O2S/c1-12-9-16-17(31-20(27-16)28-7-5-13(11-29)6-8-28)10-15(12)26-19(30)14-3-2-4-18(25-14)21(22,23)24/h2-4,9-10,13,29H,5-8,11H2,1H3,(H,26,30). The van der Waals surface area contributed by atoms with Crippen LogP contribution >= 0.6 is 11.3 Å². The quantitative estimate of drug-likeness (QED) is 0.613. The Balaban J connectivity index is 1.55. The van der Waals surface area contributed by atoms with E-state index in [1.54, 1.807) is 13.0 Å². The third-order valence-corrected chi connectivity index (χ3v) is 6.47. The number of aryl methyl sites for hydroxylation is 1. The van der Waals surface area contributed by atoms with Crippen LogP contribution in [0.15, 0.2) is 30.3 Å². The Bertz CT molecular complexity index is 1110. The number of anilines is 2. The summed E-state index contributed by atoms with van der Waals surface area (Å²) >= 11 is 1.50. The molecular formula is C21H21F3N4O2S. The van der Waals surface area contributed by atoms with Gasteiger partial charge >= 0.3 is 6.18 Å². The van der Waals surface area contributed by atoms with E-state index in [1.165, 1.54) is 17.4 Å². The maximum absolute atomic E-state index is 12.9. The first-order valence-electron chi connectivity index (χ1n) is 9.87. The van der Waals surface area contributed by atoms with Crippen LogP contribution in [0.25, 0.3) is 10.2 Å². The Morgan fingerprint density at radius 1 is 1.26 bits per heavy atom. The second-order valence-electron chi connectivity index (χ2n) is 7.60. The lowest BCUT2D eigenvalue weighted by atomic mass is 9.98. The van der Waals surface area contributed by atoms with Crippen molar-refractivity contribution in [3.05, 3.63) is 47.3 Å². The van der Waals surface area contributed by atoms with E-state index in [2.05, 4.69) is 15.2 Å².